The third kappa shape index (κ3) is 5.02. The average molecular weight is 371 g/mol. The summed E-state index contributed by atoms with van der Waals surface area (Å²) in [5.74, 6) is -0.863. The Morgan fingerprint density at radius 3 is 2.50 bits per heavy atom. The molecule has 0 bridgehead atoms. The molecule has 0 aliphatic carbocycles. The van der Waals surface area contributed by atoms with E-state index in [-0.39, 0.29) is 22.3 Å². The van der Waals surface area contributed by atoms with Gasteiger partial charge in [0.25, 0.3) is 0 Å². The SMILES string of the molecule is C[C@@H](NS(=O)(=O)c1cccc(Cl)c1)C(=O)NCc1ccc(F)cc1. The van der Waals surface area contributed by atoms with Gasteiger partial charge in [-0.2, -0.15) is 4.72 Å². The molecule has 24 heavy (non-hydrogen) atoms. The summed E-state index contributed by atoms with van der Waals surface area (Å²) in [6.07, 6.45) is 0. The van der Waals surface area contributed by atoms with Crippen molar-refractivity contribution in [1.29, 1.82) is 0 Å². The number of sulfonamides is 1. The Kier molecular flexibility index (Phi) is 5.93. The quantitative estimate of drug-likeness (QED) is 0.820. The highest BCUT2D eigenvalue weighted by molar-refractivity contribution is 7.89. The summed E-state index contributed by atoms with van der Waals surface area (Å²) in [5.41, 5.74) is 0.703. The maximum atomic E-state index is 12.8. The smallest absolute Gasteiger partial charge is 0.241 e. The van der Waals surface area contributed by atoms with Crippen molar-refractivity contribution in [3.05, 3.63) is 64.9 Å². The van der Waals surface area contributed by atoms with Gasteiger partial charge in [0.1, 0.15) is 5.82 Å². The Morgan fingerprint density at radius 2 is 1.88 bits per heavy atom. The Balaban J connectivity index is 1.96. The molecule has 0 saturated carbocycles. The topological polar surface area (TPSA) is 75.3 Å². The van der Waals surface area contributed by atoms with Crippen molar-refractivity contribution in [3.8, 4) is 0 Å². The van der Waals surface area contributed by atoms with Crippen LogP contribution in [0.5, 0.6) is 0 Å². The van der Waals surface area contributed by atoms with Crippen LogP contribution in [0.2, 0.25) is 5.02 Å². The summed E-state index contributed by atoms with van der Waals surface area (Å²) in [7, 11) is -3.86. The first-order chi connectivity index (χ1) is 11.3. The van der Waals surface area contributed by atoms with E-state index >= 15 is 0 Å². The van der Waals surface area contributed by atoms with Gasteiger partial charge >= 0.3 is 0 Å². The summed E-state index contributed by atoms with van der Waals surface area (Å²) in [5, 5.41) is 2.87. The molecule has 8 heteroatoms. The lowest BCUT2D eigenvalue weighted by atomic mass is 10.2. The van der Waals surface area contributed by atoms with Gasteiger partial charge in [-0.1, -0.05) is 29.8 Å². The highest BCUT2D eigenvalue weighted by atomic mass is 35.5. The van der Waals surface area contributed by atoms with Crippen molar-refractivity contribution in [2.45, 2.75) is 24.4 Å². The number of halogens is 2. The van der Waals surface area contributed by atoms with Crippen LogP contribution in [0.1, 0.15) is 12.5 Å². The Morgan fingerprint density at radius 1 is 1.21 bits per heavy atom. The molecular formula is C16H16ClFN2O3S. The number of amides is 1. The first kappa shape index (κ1) is 18.4. The van der Waals surface area contributed by atoms with Crippen LogP contribution in [0.4, 0.5) is 4.39 Å². The molecule has 128 valence electrons. The minimum Gasteiger partial charge on any atom is -0.351 e. The third-order valence-corrected chi connectivity index (χ3v) is 4.99. The second-order valence-electron chi connectivity index (χ2n) is 5.14. The van der Waals surface area contributed by atoms with E-state index in [1.807, 2.05) is 0 Å². The third-order valence-electron chi connectivity index (χ3n) is 3.21. The lowest BCUT2D eigenvalue weighted by molar-refractivity contribution is -0.122. The van der Waals surface area contributed by atoms with E-state index in [0.717, 1.165) is 0 Å². The van der Waals surface area contributed by atoms with Crippen LogP contribution in [0.15, 0.2) is 53.4 Å². The van der Waals surface area contributed by atoms with Crippen molar-refractivity contribution in [2.24, 2.45) is 0 Å². The van der Waals surface area contributed by atoms with Crippen molar-refractivity contribution in [2.75, 3.05) is 0 Å². The van der Waals surface area contributed by atoms with E-state index in [9.17, 15) is 17.6 Å². The van der Waals surface area contributed by atoms with Crippen LogP contribution in [-0.2, 0) is 21.4 Å². The number of carbonyl (C=O) groups excluding carboxylic acids is 1. The van der Waals surface area contributed by atoms with Crippen LogP contribution in [0.25, 0.3) is 0 Å². The molecule has 2 aromatic rings. The van der Waals surface area contributed by atoms with Gasteiger partial charge < -0.3 is 5.32 Å². The van der Waals surface area contributed by atoms with Gasteiger partial charge in [0, 0.05) is 11.6 Å². The van der Waals surface area contributed by atoms with E-state index in [1.165, 1.54) is 49.4 Å². The maximum absolute atomic E-state index is 12.8. The summed E-state index contributed by atoms with van der Waals surface area (Å²) in [4.78, 5) is 12.0. The van der Waals surface area contributed by atoms with E-state index in [0.29, 0.717) is 5.56 Å². The van der Waals surface area contributed by atoms with Gasteiger partial charge in [0.2, 0.25) is 15.9 Å². The summed E-state index contributed by atoms with van der Waals surface area (Å²) >= 11 is 5.78. The predicted molar refractivity (Wildman–Crippen MR) is 89.5 cm³/mol. The fraction of sp³-hybridized carbons (Fsp3) is 0.188. The summed E-state index contributed by atoms with van der Waals surface area (Å²) in [6.45, 7) is 1.60. The van der Waals surface area contributed by atoms with Crippen LogP contribution in [-0.4, -0.2) is 20.4 Å². The lowest BCUT2D eigenvalue weighted by Crippen LogP contribution is -2.44. The van der Waals surface area contributed by atoms with E-state index < -0.39 is 22.0 Å². The van der Waals surface area contributed by atoms with Crippen LogP contribution < -0.4 is 10.0 Å². The lowest BCUT2D eigenvalue weighted by Gasteiger charge is -2.14. The Hall–Kier alpha value is -1.96. The molecule has 2 rings (SSSR count). The molecule has 0 spiro atoms. The van der Waals surface area contributed by atoms with E-state index in [4.69, 9.17) is 11.6 Å². The van der Waals surface area contributed by atoms with Crippen LogP contribution in [0.3, 0.4) is 0 Å². The monoisotopic (exact) mass is 370 g/mol. The molecule has 0 aromatic heterocycles. The first-order valence-corrected chi connectivity index (χ1v) is 8.94. The zero-order chi connectivity index (χ0) is 17.7. The number of hydrogen-bond donors (Lipinski definition) is 2. The van der Waals surface area contributed by atoms with E-state index in [1.54, 1.807) is 6.07 Å². The minimum absolute atomic E-state index is 0.0202. The van der Waals surface area contributed by atoms with Crippen LogP contribution in [0, 0.1) is 5.82 Å². The summed E-state index contributed by atoms with van der Waals surface area (Å²) in [6, 6.07) is 10.4. The van der Waals surface area contributed by atoms with Gasteiger partial charge in [0.15, 0.2) is 0 Å². The largest absolute Gasteiger partial charge is 0.351 e. The molecule has 0 unspecified atom stereocenters. The van der Waals surface area contributed by atoms with Gasteiger partial charge in [-0.15, -0.1) is 0 Å². The molecule has 0 heterocycles. The number of rotatable bonds is 6. The van der Waals surface area contributed by atoms with Gasteiger partial charge in [-0.25, -0.2) is 12.8 Å². The maximum Gasteiger partial charge on any atom is 0.241 e. The Labute approximate surface area is 144 Å². The van der Waals surface area contributed by atoms with Crippen molar-refractivity contribution in [1.82, 2.24) is 10.0 Å². The van der Waals surface area contributed by atoms with Gasteiger partial charge in [-0.3, -0.25) is 4.79 Å². The second kappa shape index (κ2) is 7.74. The highest BCUT2D eigenvalue weighted by Crippen LogP contribution is 2.15. The number of hydrogen-bond acceptors (Lipinski definition) is 3. The molecule has 0 fully saturated rings. The number of benzene rings is 2. The van der Waals surface area contributed by atoms with Crippen molar-refractivity contribution in [3.63, 3.8) is 0 Å². The molecule has 0 aliphatic heterocycles. The minimum atomic E-state index is -3.86. The Bertz CT molecular complexity index is 825. The normalized spacial score (nSPS) is 12.6. The van der Waals surface area contributed by atoms with E-state index in [2.05, 4.69) is 10.0 Å². The average Bonchev–Trinajstić information content (AvgIpc) is 2.53. The molecule has 2 N–H and O–H groups in total. The first-order valence-electron chi connectivity index (χ1n) is 7.08. The molecular weight excluding hydrogens is 355 g/mol. The fourth-order valence-electron chi connectivity index (χ4n) is 1.93. The zero-order valence-electron chi connectivity index (χ0n) is 12.8. The number of nitrogens with one attached hydrogen (secondary N) is 2. The summed E-state index contributed by atoms with van der Waals surface area (Å²) < 4.78 is 39.5. The second-order valence-corrected chi connectivity index (χ2v) is 7.30. The molecule has 0 aliphatic rings. The molecule has 1 atom stereocenters. The zero-order valence-corrected chi connectivity index (χ0v) is 14.4. The van der Waals surface area contributed by atoms with Crippen molar-refractivity contribution < 1.29 is 17.6 Å². The fourth-order valence-corrected chi connectivity index (χ4v) is 3.44. The van der Waals surface area contributed by atoms with Gasteiger partial charge in [-0.05, 0) is 42.8 Å². The number of carbonyl (C=O) groups is 1. The molecule has 1 amide bonds. The molecule has 5 nitrogen and oxygen atoms in total. The molecule has 2 aromatic carbocycles. The van der Waals surface area contributed by atoms with Crippen molar-refractivity contribution >= 4 is 27.5 Å². The highest BCUT2D eigenvalue weighted by Gasteiger charge is 2.22. The molecule has 0 saturated heterocycles. The van der Waals surface area contributed by atoms with Crippen LogP contribution >= 0.6 is 11.6 Å². The standard InChI is InChI=1S/C16H16ClFN2O3S/c1-11(16(21)19-10-12-5-7-14(18)8-6-12)20-24(22,23)15-4-2-3-13(17)9-15/h2-9,11,20H,10H2,1H3,(H,19,21)/t11-/m1/s1. The molecule has 0 radical (unpaired) electrons. The van der Waals surface area contributed by atoms with Gasteiger partial charge in [0.05, 0.1) is 10.9 Å². The predicted octanol–water partition coefficient (Wildman–Crippen LogP) is 2.46.